The highest BCUT2D eigenvalue weighted by Crippen LogP contribution is 2.38. The number of ether oxygens (including phenoxy) is 2. The van der Waals surface area contributed by atoms with Gasteiger partial charge in [0.2, 0.25) is 10.0 Å². The van der Waals surface area contributed by atoms with E-state index >= 15 is 0 Å². The molecule has 4 rings (SSSR count). The maximum Gasteiger partial charge on any atom is 0.409 e. The number of likely N-dealkylation sites (N-methyl/N-ethyl adjacent to an activating group) is 1. The van der Waals surface area contributed by atoms with Gasteiger partial charge in [-0.2, -0.15) is 4.31 Å². The van der Waals surface area contributed by atoms with Crippen molar-refractivity contribution < 1.29 is 32.3 Å². The van der Waals surface area contributed by atoms with E-state index in [1.165, 1.54) is 51.9 Å². The van der Waals surface area contributed by atoms with Crippen LogP contribution in [0.15, 0.2) is 29.2 Å². The summed E-state index contributed by atoms with van der Waals surface area (Å²) in [5.41, 5.74) is 1.55. The van der Waals surface area contributed by atoms with Gasteiger partial charge in [-0.15, -0.1) is 11.3 Å². The van der Waals surface area contributed by atoms with Gasteiger partial charge in [0, 0.05) is 49.7 Å². The summed E-state index contributed by atoms with van der Waals surface area (Å²) >= 11 is 1.37. The molecule has 2 aliphatic rings. The average molecular weight is 565 g/mol. The summed E-state index contributed by atoms with van der Waals surface area (Å²) in [6.07, 6.45) is 0.241. The van der Waals surface area contributed by atoms with E-state index in [1.54, 1.807) is 6.92 Å². The van der Waals surface area contributed by atoms with Gasteiger partial charge in [-0.05, 0) is 49.7 Å². The minimum absolute atomic E-state index is 0.0557. The first-order chi connectivity index (χ1) is 18.2. The van der Waals surface area contributed by atoms with Crippen molar-refractivity contribution >= 4 is 44.3 Å². The zero-order valence-corrected chi connectivity index (χ0v) is 23.3. The molecule has 13 heteroatoms. The van der Waals surface area contributed by atoms with Crippen LogP contribution in [-0.2, 0) is 32.5 Å². The third-order valence-corrected chi connectivity index (χ3v) is 9.76. The molecular weight excluding hydrogens is 532 g/mol. The molecule has 1 fully saturated rings. The Labute approximate surface area is 226 Å². The van der Waals surface area contributed by atoms with Gasteiger partial charge >= 0.3 is 12.1 Å². The predicted octanol–water partition coefficient (Wildman–Crippen LogP) is 2.63. The van der Waals surface area contributed by atoms with Gasteiger partial charge in [0.1, 0.15) is 5.00 Å². The Hall–Kier alpha value is -3.00. The van der Waals surface area contributed by atoms with Crippen molar-refractivity contribution in [1.29, 1.82) is 0 Å². The average Bonchev–Trinajstić information content (AvgIpc) is 3.29. The van der Waals surface area contributed by atoms with Gasteiger partial charge in [0.15, 0.2) is 0 Å². The number of methoxy groups -OCH3 is 1. The Bertz CT molecular complexity index is 1300. The van der Waals surface area contributed by atoms with E-state index < -0.39 is 28.0 Å². The van der Waals surface area contributed by atoms with E-state index in [4.69, 9.17) is 9.47 Å². The molecule has 11 nitrogen and oxygen atoms in total. The minimum atomic E-state index is -3.80. The summed E-state index contributed by atoms with van der Waals surface area (Å²) in [6.45, 7) is 7.25. The maximum absolute atomic E-state index is 13.1. The lowest BCUT2D eigenvalue weighted by atomic mass is 10.0. The first-order valence-corrected chi connectivity index (χ1v) is 14.7. The maximum atomic E-state index is 13.1. The van der Waals surface area contributed by atoms with Crippen LogP contribution in [0.5, 0.6) is 0 Å². The van der Waals surface area contributed by atoms with Crippen LogP contribution in [0.4, 0.5) is 9.80 Å². The summed E-state index contributed by atoms with van der Waals surface area (Å²) in [5, 5.41) is 3.26. The second-order valence-corrected chi connectivity index (χ2v) is 11.9. The molecular formula is C25H32N4O7S2. The highest BCUT2D eigenvalue weighted by Gasteiger charge is 2.31. The first kappa shape index (κ1) is 28.0. The number of thiophene rings is 1. The van der Waals surface area contributed by atoms with Crippen molar-refractivity contribution in [3.63, 3.8) is 0 Å². The lowest BCUT2D eigenvalue weighted by molar-refractivity contribution is 0.0600. The number of rotatable bonds is 7. The van der Waals surface area contributed by atoms with E-state index in [0.717, 1.165) is 23.5 Å². The number of carbonyl (C=O) groups excluding carboxylic acids is 3. The number of sulfonamides is 1. The number of benzene rings is 1. The Morgan fingerprint density at radius 1 is 1.03 bits per heavy atom. The molecule has 0 saturated carbocycles. The fraction of sp³-hybridized carbons (Fsp3) is 0.480. The Morgan fingerprint density at radius 3 is 2.32 bits per heavy atom. The van der Waals surface area contributed by atoms with E-state index in [9.17, 15) is 22.8 Å². The number of fused-ring (bicyclic) bond motifs is 1. The van der Waals surface area contributed by atoms with E-state index in [1.807, 2.05) is 0 Å². The van der Waals surface area contributed by atoms with Gasteiger partial charge in [-0.25, -0.2) is 18.0 Å². The van der Waals surface area contributed by atoms with Crippen LogP contribution in [0.2, 0.25) is 0 Å². The van der Waals surface area contributed by atoms with Crippen molar-refractivity contribution in [3.8, 4) is 0 Å². The Balaban J connectivity index is 1.47. The van der Waals surface area contributed by atoms with E-state index in [0.29, 0.717) is 23.5 Å². The standard InChI is InChI=1S/C25H32N4O7S2/c1-4-27-11-10-19-20(16-27)37-23(21(19)24(31)35-3)26-22(30)17-6-8-18(9-7-17)38(33,34)29-14-12-28(13-15-29)25(32)36-5-2/h6-9H,4-5,10-16H2,1-3H3,(H,26,30). The molecule has 2 amide bonds. The highest BCUT2D eigenvalue weighted by molar-refractivity contribution is 7.89. The number of amides is 2. The number of hydrogen-bond acceptors (Lipinski definition) is 9. The van der Waals surface area contributed by atoms with Crippen molar-refractivity contribution in [2.45, 2.75) is 31.7 Å². The summed E-state index contributed by atoms with van der Waals surface area (Å²) in [7, 11) is -2.48. The monoisotopic (exact) mass is 564 g/mol. The fourth-order valence-electron chi connectivity index (χ4n) is 4.56. The van der Waals surface area contributed by atoms with Crippen LogP contribution >= 0.6 is 11.3 Å². The van der Waals surface area contributed by atoms with Gasteiger partial charge < -0.3 is 19.7 Å². The van der Waals surface area contributed by atoms with Crippen LogP contribution in [0, 0.1) is 0 Å². The normalized spacial score (nSPS) is 16.6. The van der Waals surface area contributed by atoms with Gasteiger partial charge in [0.05, 0.1) is 24.2 Å². The molecule has 0 aliphatic carbocycles. The fourth-order valence-corrected chi connectivity index (χ4v) is 7.26. The second-order valence-electron chi connectivity index (χ2n) is 8.89. The molecule has 0 spiro atoms. The predicted molar refractivity (Wildman–Crippen MR) is 142 cm³/mol. The third kappa shape index (κ3) is 5.70. The minimum Gasteiger partial charge on any atom is -0.465 e. The molecule has 0 unspecified atom stereocenters. The molecule has 2 aromatic rings. The number of hydrogen-bond donors (Lipinski definition) is 1. The van der Waals surface area contributed by atoms with Crippen LogP contribution in [0.25, 0.3) is 0 Å². The van der Waals surface area contributed by atoms with E-state index in [2.05, 4.69) is 17.1 Å². The van der Waals surface area contributed by atoms with Gasteiger partial charge in [0.25, 0.3) is 5.91 Å². The number of piperazine rings is 1. The molecule has 206 valence electrons. The molecule has 3 heterocycles. The molecule has 38 heavy (non-hydrogen) atoms. The summed E-state index contributed by atoms with van der Waals surface area (Å²) in [6, 6.07) is 5.67. The zero-order chi connectivity index (χ0) is 27.4. The van der Waals surface area contributed by atoms with Crippen molar-refractivity contribution in [2.24, 2.45) is 0 Å². The smallest absolute Gasteiger partial charge is 0.409 e. The molecule has 1 N–H and O–H groups in total. The number of carbonyl (C=O) groups is 3. The van der Waals surface area contributed by atoms with Crippen molar-refractivity contribution in [3.05, 3.63) is 45.8 Å². The summed E-state index contributed by atoms with van der Waals surface area (Å²) < 4.78 is 37.5. The largest absolute Gasteiger partial charge is 0.465 e. The molecule has 1 aromatic carbocycles. The number of nitrogens with one attached hydrogen (secondary N) is 1. The van der Waals surface area contributed by atoms with Crippen LogP contribution < -0.4 is 5.32 Å². The molecule has 0 atom stereocenters. The van der Waals surface area contributed by atoms with Crippen LogP contribution in [0.1, 0.15) is 45.0 Å². The number of anilines is 1. The molecule has 2 aliphatic heterocycles. The van der Waals surface area contributed by atoms with Crippen molar-refractivity contribution in [1.82, 2.24) is 14.1 Å². The lowest BCUT2D eigenvalue weighted by Crippen LogP contribution is -2.50. The number of esters is 1. The van der Waals surface area contributed by atoms with Gasteiger partial charge in [-0.1, -0.05) is 6.92 Å². The Kier molecular flexibility index (Phi) is 8.71. The zero-order valence-electron chi connectivity index (χ0n) is 21.7. The van der Waals surface area contributed by atoms with Crippen molar-refractivity contribution in [2.75, 3.05) is 58.3 Å². The lowest BCUT2D eigenvalue weighted by Gasteiger charge is -2.33. The third-order valence-electron chi connectivity index (χ3n) is 6.72. The molecule has 0 radical (unpaired) electrons. The van der Waals surface area contributed by atoms with Gasteiger partial charge in [-0.3, -0.25) is 9.69 Å². The Morgan fingerprint density at radius 2 is 1.71 bits per heavy atom. The molecule has 0 bridgehead atoms. The summed E-state index contributed by atoms with van der Waals surface area (Å²) in [4.78, 5) is 42.3. The van der Waals surface area contributed by atoms with Crippen LogP contribution in [0.3, 0.4) is 0 Å². The molecule has 1 aromatic heterocycles. The number of nitrogens with zero attached hydrogens (tertiary/aromatic N) is 3. The van der Waals surface area contributed by atoms with E-state index in [-0.39, 0.29) is 43.2 Å². The quantitative estimate of drug-likeness (QED) is 0.509. The topological polar surface area (TPSA) is 126 Å². The first-order valence-electron chi connectivity index (χ1n) is 12.5. The highest BCUT2D eigenvalue weighted by atomic mass is 32.2. The summed E-state index contributed by atoms with van der Waals surface area (Å²) in [5.74, 6) is -0.944. The SMILES string of the molecule is CCOC(=O)N1CCN(S(=O)(=O)c2ccc(C(=O)Nc3sc4c(c3C(=O)OC)CCN(CC)C4)cc2)CC1. The second kappa shape index (κ2) is 11.8. The molecule has 1 saturated heterocycles. The van der Waals surface area contributed by atoms with Crippen LogP contribution in [-0.4, -0.2) is 93.5 Å².